The molecule has 3 N–H and O–H groups in total. The summed E-state index contributed by atoms with van der Waals surface area (Å²) in [5, 5.41) is 6.55. The number of carbonyl (C=O) groups excluding carboxylic acids is 2. The van der Waals surface area contributed by atoms with E-state index in [4.69, 9.17) is 0 Å². The molecule has 1 aromatic carbocycles. The topological polar surface area (TPSA) is 86.9 Å². The summed E-state index contributed by atoms with van der Waals surface area (Å²) in [6.45, 7) is 0.463. The molecule has 0 radical (unpaired) electrons. The van der Waals surface area contributed by atoms with E-state index in [0.29, 0.717) is 12.1 Å². The minimum atomic E-state index is -0.310. The molecule has 6 heteroatoms. The number of hydrogen-bond acceptors (Lipinski definition) is 3. The molecule has 0 saturated carbocycles. The molecule has 0 aliphatic heterocycles. The first-order valence-electron chi connectivity index (χ1n) is 7.74. The van der Waals surface area contributed by atoms with Crippen molar-refractivity contribution in [3.8, 4) is 0 Å². The van der Waals surface area contributed by atoms with Gasteiger partial charge in [0, 0.05) is 36.0 Å². The third-order valence-electron chi connectivity index (χ3n) is 3.72. The van der Waals surface area contributed by atoms with E-state index in [2.05, 4.69) is 26.7 Å². The number of aromatic nitrogens is 2. The van der Waals surface area contributed by atoms with Gasteiger partial charge in [-0.15, -0.1) is 0 Å². The standard InChI is InChI=1S/C18H18N4O2/c23-17(12-22-18(24)14-4-3-8-19-10-14)20-9-7-13-11-21-16-6-2-1-5-15(13)16/h1-6,8,10-11,21H,7,9,12H2,(H,20,23)(H,22,24). The highest BCUT2D eigenvalue weighted by molar-refractivity contribution is 5.96. The van der Waals surface area contributed by atoms with E-state index in [1.165, 1.54) is 6.20 Å². The van der Waals surface area contributed by atoms with Crippen LogP contribution in [0, 0.1) is 0 Å². The maximum atomic E-state index is 11.8. The number of H-pyrrole nitrogens is 1. The molecule has 6 nitrogen and oxygen atoms in total. The molecule has 0 aliphatic rings. The quantitative estimate of drug-likeness (QED) is 0.645. The fraction of sp³-hybridized carbons (Fsp3) is 0.167. The van der Waals surface area contributed by atoms with E-state index in [0.717, 1.165) is 22.9 Å². The SMILES string of the molecule is O=C(CNC(=O)c1cccnc1)NCCc1c[nH]c2ccccc12. The van der Waals surface area contributed by atoms with Gasteiger partial charge in [0.15, 0.2) is 0 Å². The summed E-state index contributed by atoms with van der Waals surface area (Å²) in [5.41, 5.74) is 2.68. The van der Waals surface area contributed by atoms with Gasteiger partial charge in [-0.2, -0.15) is 0 Å². The molecule has 122 valence electrons. The van der Waals surface area contributed by atoms with E-state index in [1.54, 1.807) is 18.3 Å². The lowest BCUT2D eigenvalue weighted by Crippen LogP contribution is -2.37. The van der Waals surface area contributed by atoms with Gasteiger partial charge in [0.05, 0.1) is 12.1 Å². The Morgan fingerprint density at radius 3 is 2.79 bits per heavy atom. The molecule has 24 heavy (non-hydrogen) atoms. The number of nitrogens with zero attached hydrogens (tertiary/aromatic N) is 1. The maximum absolute atomic E-state index is 11.8. The van der Waals surface area contributed by atoms with Gasteiger partial charge in [0.1, 0.15) is 0 Å². The second-order valence-electron chi connectivity index (χ2n) is 5.38. The van der Waals surface area contributed by atoms with Crippen molar-refractivity contribution in [3.63, 3.8) is 0 Å². The van der Waals surface area contributed by atoms with Gasteiger partial charge in [-0.3, -0.25) is 14.6 Å². The van der Waals surface area contributed by atoms with Crippen LogP contribution in [0.1, 0.15) is 15.9 Å². The van der Waals surface area contributed by atoms with Gasteiger partial charge in [0.2, 0.25) is 5.91 Å². The predicted octanol–water partition coefficient (Wildman–Crippen LogP) is 1.65. The Hall–Kier alpha value is -3.15. The Kier molecular flexibility index (Phi) is 4.86. The minimum Gasteiger partial charge on any atom is -0.361 e. The average molecular weight is 322 g/mol. The van der Waals surface area contributed by atoms with E-state index >= 15 is 0 Å². The third kappa shape index (κ3) is 3.78. The molecule has 0 saturated heterocycles. The van der Waals surface area contributed by atoms with Crippen LogP contribution in [0.15, 0.2) is 55.0 Å². The smallest absolute Gasteiger partial charge is 0.253 e. The molecule has 0 atom stereocenters. The zero-order valence-corrected chi connectivity index (χ0v) is 13.1. The number of benzene rings is 1. The summed E-state index contributed by atoms with van der Waals surface area (Å²) < 4.78 is 0. The van der Waals surface area contributed by atoms with Gasteiger partial charge in [-0.1, -0.05) is 18.2 Å². The first kappa shape index (κ1) is 15.7. The molecule has 3 aromatic rings. The number of carbonyl (C=O) groups is 2. The van der Waals surface area contributed by atoms with Crippen LogP contribution in [0.4, 0.5) is 0 Å². The number of hydrogen-bond donors (Lipinski definition) is 3. The predicted molar refractivity (Wildman–Crippen MR) is 91.6 cm³/mol. The molecule has 0 fully saturated rings. The zero-order valence-electron chi connectivity index (χ0n) is 13.1. The lowest BCUT2D eigenvalue weighted by Gasteiger charge is -2.06. The largest absolute Gasteiger partial charge is 0.361 e. The molecule has 0 aliphatic carbocycles. The van der Waals surface area contributed by atoms with Gasteiger partial charge in [-0.25, -0.2) is 0 Å². The van der Waals surface area contributed by atoms with Crippen molar-refractivity contribution in [1.82, 2.24) is 20.6 Å². The highest BCUT2D eigenvalue weighted by atomic mass is 16.2. The number of pyridine rings is 1. The van der Waals surface area contributed by atoms with Crippen LogP contribution in [0.25, 0.3) is 10.9 Å². The van der Waals surface area contributed by atoms with E-state index in [1.807, 2.05) is 24.4 Å². The summed E-state index contributed by atoms with van der Waals surface area (Å²) in [5.74, 6) is -0.526. The Morgan fingerprint density at radius 2 is 1.96 bits per heavy atom. The van der Waals surface area contributed by atoms with Gasteiger partial charge < -0.3 is 15.6 Å². The number of nitrogens with one attached hydrogen (secondary N) is 3. The van der Waals surface area contributed by atoms with Crippen LogP contribution < -0.4 is 10.6 Å². The number of rotatable bonds is 6. The Balaban J connectivity index is 1.44. The highest BCUT2D eigenvalue weighted by Gasteiger charge is 2.08. The average Bonchev–Trinajstić information content (AvgIpc) is 3.04. The third-order valence-corrected chi connectivity index (χ3v) is 3.72. The van der Waals surface area contributed by atoms with Crippen molar-refractivity contribution in [1.29, 1.82) is 0 Å². The molecular formula is C18H18N4O2. The first-order chi connectivity index (χ1) is 11.7. The summed E-state index contributed by atoms with van der Waals surface area (Å²) in [6, 6.07) is 11.4. The normalized spacial score (nSPS) is 10.5. The van der Waals surface area contributed by atoms with Crippen molar-refractivity contribution >= 4 is 22.7 Å². The lowest BCUT2D eigenvalue weighted by molar-refractivity contribution is -0.120. The highest BCUT2D eigenvalue weighted by Crippen LogP contribution is 2.17. The van der Waals surface area contributed by atoms with Crippen LogP contribution in [0.5, 0.6) is 0 Å². The zero-order chi connectivity index (χ0) is 16.8. The molecule has 0 spiro atoms. The minimum absolute atomic E-state index is 0.0540. The van der Waals surface area contributed by atoms with E-state index in [-0.39, 0.29) is 18.4 Å². The summed E-state index contributed by atoms with van der Waals surface area (Å²) >= 11 is 0. The maximum Gasteiger partial charge on any atom is 0.253 e. The number of para-hydroxylation sites is 1. The second-order valence-corrected chi connectivity index (χ2v) is 5.38. The number of aromatic amines is 1. The van der Waals surface area contributed by atoms with Crippen molar-refractivity contribution in [2.75, 3.05) is 13.1 Å². The molecule has 0 bridgehead atoms. The van der Waals surface area contributed by atoms with Crippen molar-refractivity contribution in [3.05, 3.63) is 66.1 Å². The molecule has 2 amide bonds. The van der Waals surface area contributed by atoms with Crippen LogP contribution in [-0.4, -0.2) is 34.9 Å². The van der Waals surface area contributed by atoms with Crippen molar-refractivity contribution < 1.29 is 9.59 Å². The first-order valence-corrected chi connectivity index (χ1v) is 7.74. The summed E-state index contributed by atoms with van der Waals surface area (Å²) in [6.07, 6.45) is 5.74. The molecule has 2 heterocycles. The molecule has 0 unspecified atom stereocenters. The van der Waals surface area contributed by atoms with Crippen molar-refractivity contribution in [2.45, 2.75) is 6.42 Å². The van der Waals surface area contributed by atoms with Crippen molar-refractivity contribution in [2.24, 2.45) is 0 Å². The Bertz CT molecular complexity index is 842. The van der Waals surface area contributed by atoms with Crippen LogP contribution in [0.3, 0.4) is 0 Å². The van der Waals surface area contributed by atoms with Crippen LogP contribution in [-0.2, 0) is 11.2 Å². The fourth-order valence-electron chi connectivity index (χ4n) is 2.50. The fourth-order valence-corrected chi connectivity index (χ4v) is 2.50. The molecule has 3 rings (SSSR count). The van der Waals surface area contributed by atoms with Crippen LogP contribution in [0.2, 0.25) is 0 Å². The monoisotopic (exact) mass is 322 g/mol. The number of amides is 2. The number of fused-ring (bicyclic) bond motifs is 1. The van der Waals surface area contributed by atoms with E-state index < -0.39 is 0 Å². The summed E-state index contributed by atoms with van der Waals surface area (Å²) in [7, 11) is 0. The Labute approximate surface area is 139 Å². The summed E-state index contributed by atoms with van der Waals surface area (Å²) in [4.78, 5) is 30.7. The van der Waals surface area contributed by atoms with Gasteiger partial charge >= 0.3 is 0 Å². The van der Waals surface area contributed by atoms with Gasteiger partial charge in [0.25, 0.3) is 5.91 Å². The second kappa shape index (κ2) is 7.41. The Morgan fingerprint density at radius 1 is 1.08 bits per heavy atom. The van der Waals surface area contributed by atoms with Crippen LogP contribution >= 0.6 is 0 Å². The van der Waals surface area contributed by atoms with E-state index in [9.17, 15) is 9.59 Å². The molecule has 2 aromatic heterocycles. The van der Waals surface area contributed by atoms with Gasteiger partial charge in [-0.05, 0) is 30.2 Å². The molecular weight excluding hydrogens is 304 g/mol. The lowest BCUT2D eigenvalue weighted by atomic mass is 10.1.